The maximum Gasteiger partial charge on any atom is 0.121 e. The Morgan fingerprint density at radius 1 is 1.42 bits per heavy atom. The molecule has 0 fully saturated rings. The Bertz CT molecular complexity index is 344. The van der Waals surface area contributed by atoms with Crippen molar-refractivity contribution in [2.24, 2.45) is 0 Å². The molecule has 4 heteroatoms. The lowest BCUT2D eigenvalue weighted by atomic mass is 10.2. The van der Waals surface area contributed by atoms with E-state index in [4.69, 9.17) is 10.00 Å². The predicted molar refractivity (Wildman–Crippen MR) is 53.1 cm³/mol. The quantitative estimate of drug-likeness (QED) is 0.796. The Hall–Kier alpha value is -0.530. The third kappa shape index (κ3) is 1.79. The highest BCUT2D eigenvalue weighted by atomic mass is 79.9. The van der Waals surface area contributed by atoms with Crippen LogP contribution in [0.15, 0.2) is 21.1 Å². The minimum absolute atomic E-state index is 0.557. The topological polar surface area (TPSA) is 33.0 Å². The van der Waals surface area contributed by atoms with Gasteiger partial charge >= 0.3 is 0 Å². The Kier molecular flexibility index (Phi) is 3.12. The molecule has 1 aromatic rings. The Labute approximate surface area is 87.4 Å². The van der Waals surface area contributed by atoms with Crippen molar-refractivity contribution in [3.05, 3.63) is 26.6 Å². The van der Waals surface area contributed by atoms with Gasteiger partial charge in [-0.1, -0.05) is 0 Å². The summed E-state index contributed by atoms with van der Waals surface area (Å²) in [5, 5.41) is 8.71. The summed E-state index contributed by atoms with van der Waals surface area (Å²) in [7, 11) is 1.57. The van der Waals surface area contributed by atoms with Crippen molar-refractivity contribution in [1.82, 2.24) is 0 Å². The molecule has 0 atom stereocenters. The summed E-state index contributed by atoms with van der Waals surface area (Å²) in [6.45, 7) is 0. The number of rotatable bonds is 1. The highest BCUT2D eigenvalue weighted by Gasteiger charge is 2.05. The van der Waals surface area contributed by atoms with E-state index in [1.54, 1.807) is 19.2 Å². The molecule has 62 valence electrons. The van der Waals surface area contributed by atoms with Gasteiger partial charge in [-0.15, -0.1) is 0 Å². The van der Waals surface area contributed by atoms with Crippen molar-refractivity contribution in [1.29, 1.82) is 5.26 Å². The van der Waals surface area contributed by atoms with E-state index in [-0.39, 0.29) is 0 Å². The van der Waals surface area contributed by atoms with Crippen LogP contribution in [-0.4, -0.2) is 7.11 Å². The zero-order valence-corrected chi connectivity index (χ0v) is 9.44. The number of benzene rings is 1. The average molecular weight is 291 g/mol. The summed E-state index contributed by atoms with van der Waals surface area (Å²) in [4.78, 5) is 0. The van der Waals surface area contributed by atoms with Gasteiger partial charge in [-0.3, -0.25) is 0 Å². The van der Waals surface area contributed by atoms with Crippen LogP contribution < -0.4 is 4.74 Å². The van der Waals surface area contributed by atoms with Crippen molar-refractivity contribution in [3.8, 4) is 11.8 Å². The molecule has 0 spiro atoms. The molecule has 0 radical (unpaired) electrons. The molecule has 12 heavy (non-hydrogen) atoms. The summed E-state index contributed by atoms with van der Waals surface area (Å²) in [6.07, 6.45) is 0. The maximum absolute atomic E-state index is 8.71. The molecule has 0 aliphatic rings. The van der Waals surface area contributed by atoms with Crippen LogP contribution in [0.2, 0.25) is 0 Å². The van der Waals surface area contributed by atoms with Crippen molar-refractivity contribution < 1.29 is 4.74 Å². The Balaban J connectivity index is 3.31. The van der Waals surface area contributed by atoms with E-state index in [2.05, 4.69) is 37.9 Å². The molecule has 2 nitrogen and oxygen atoms in total. The van der Waals surface area contributed by atoms with Gasteiger partial charge in [0.05, 0.1) is 12.7 Å². The van der Waals surface area contributed by atoms with Crippen molar-refractivity contribution in [3.63, 3.8) is 0 Å². The van der Waals surface area contributed by atoms with Gasteiger partial charge in [0, 0.05) is 8.95 Å². The predicted octanol–water partition coefficient (Wildman–Crippen LogP) is 3.09. The number of ether oxygens (including phenoxy) is 1. The van der Waals surface area contributed by atoms with Crippen LogP contribution in [0, 0.1) is 11.3 Å². The number of nitriles is 1. The molecule has 0 saturated heterocycles. The summed E-state index contributed by atoms with van der Waals surface area (Å²) in [6, 6.07) is 5.53. The third-order valence-corrected chi connectivity index (χ3v) is 3.37. The first kappa shape index (κ1) is 9.56. The second kappa shape index (κ2) is 3.92. The van der Waals surface area contributed by atoms with Gasteiger partial charge in [0.1, 0.15) is 11.8 Å². The zero-order valence-electron chi connectivity index (χ0n) is 6.27. The zero-order chi connectivity index (χ0) is 9.14. The van der Waals surface area contributed by atoms with Gasteiger partial charge in [-0.25, -0.2) is 0 Å². The van der Waals surface area contributed by atoms with E-state index in [1.807, 2.05) is 0 Å². The molecule has 0 aliphatic heterocycles. The standard InChI is InChI=1S/C8H5Br2NO/c1-12-6-2-5(4-11)8(10)7(9)3-6/h2-3H,1H3. The van der Waals surface area contributed by atoms with Crippen LogP contribution in [0.4, 0.5) is 0 Å². The van der Waals surface area contributed by atoms with E-state index in [0.717, 1.165) is 8.95 Å². The highest BCUT2D eigenvalue weighted by Crippen LogP contribution is 2.30. The van der Waals surface area contributed by atoms with E-state index in [9.17, 15) is 0 Å². The second-order valence-corrected chi connectivity index (χ2v) is 3.73. The molecule has 0 aromatic heterocycles. The van der Waals surface area contributed by atoms with Crippen molar-refractivity contribution >= 4 is 31.9 Å². The lowest BCUT2D eigenvalue weighted by Gasteiger charge is -2.03. The molecule has 0 amide bonds. The van der Waals surface area contributed by atoms with Gasteiger partial charge < -0.3 is 4.74 Å². The van der Waals surface area contributed by atoms with Crippen LogP contribution in [-0.2, 0) is 0 Å². The molecule has 0 bridgehead atoms. The van der Waals surface area contributed by atoms with Gasteiger partial charge in [-0.05, 0) is 44.0 Å². The number of methoxy groups -OCH3 is 1. The van der Waals surface area contributed by atoms with Gasteiger partial charge in [0.25, 0.3) is 0 Å². The van der Waals surface area contributed by atoms with Gasteiger partial charge in [0.15, 0.2) is 0 Å². The minimum Gasteiger partial charge on any atom is -0.497 e. The van der Waals surface area contributed by atoms with E-state index in [1.165, 1.54) is 0 Å². The maximum atomic E-state index is 8.71. The average Bonchev–Trinajstić information content (AvgIpc) is 2.09. The monoisotopic (exact) mass is 289 g/mol. The number of hydrogen-bond donors (Lipinski definition) is 0. The fourth-order valence-electron chi connectivity index (χ4n) is 0.763. The smallest absolute Gasteiger partial charge is 0.121 e. The van der Waals surface area contributed by atoms with E-state index < -0.39 is 0 Å². The largest absolute Gasteiger partial charge is 0.497 e. The Morgan fingerprint density at radius 3 is 2.58 bits per heavy atom. The van der Waals surface area contributed by atoms with Crippen LogP contribution in [0.5, 0.6) is 5.75 Å². The first-order valence-corrected chi connectivity index (χ1v) is 4.70. The first-order valence-electron chi connectivity index (χ1n) is 3.12. The lowest BCUT2D eigenvalue weighted by molar-refractivity contribution is 0.414. The summed E-state index contributed by atoms with van der Waals surface area (Å²) in [5.74, 6) is 0.668. The van der Waals surface area contributed by atoms with Gasteiger partial charge in [-0.2, -0.15) is 5.26 Å². The highest BCUT2D eigenvalue weighted by molar-refractivity contribution is 9.13. The summed E-state index contributed by atoms with van der Waals surface area (Å²) < 4.78 is 6.56. The normalized spacial score (nSPS) is 9.17. The summed E-state index contributed by atoms with van der Waals surface area (Å²) in [5.41, 5.74) is 0.557. The van der Waals surface area contributed by atoms with Gasteiger partial charge in [0.2, 0.25) is 0 Å². The molecular formula is C8H5Br2NO. The molecular weight excluding hydrogens is 286 g/mol. The SMILES string of the molecule is COc1cc(Br)c(Br)c(C#N)c1. The first-order chi connectivity index (χ1) is 5.69. The molecule has 0 aliphatic carbocycles. The lowest BCUT2D eigenvalue weighted by Crippen LogP contribution is -1.86. The van der Waals surface area contributed by atoms with Crippen LogP contribution in [0.25, 0.3) is 0 Å². The fourth-order valence-corrected chi connectivity index (χ4v) is 1.52. The summed E-state index contributed by atoms with van der Waals surface area (Å²) >= 11 is 6.58. The van der Waals surface area contributed by atoms with Crippen LogP contribution >= 0.6 is 31.9 Å². The van der Waals surface area contributed by atoms with E-state index in [0.29, 0.717) is 11.3 Å². The van der Waals surface area contributed by atoms with Crippen molar-refractivity contribution in [2.75, 3.05) is 7.11 Å². The molecule has 0 heterocycles. The van der Waals surface area contributed by atoms with Crippen LogP contribution in [0.1, 0.15) is 5.56 Å². The number of hydrogen-bond acceptors (Lipinski definition) is 2. The van der Waals surface area contributed by atoms with Crippen molar-refractivity contribution in [2.45, 2.75) is 0 Å². The van der Waals surface area contributed by atoms with E-state index >= 15 is 0 Å². The molecule has 0 unspecified atom stereocenters. The van der Waals surface area contributed by atoms with Crippen LogP contribution in [0.3, 0.4) is 0 Å². The molecule has 0 saturated carbocycles. The Morgan fingerprint density at radius 2 is 2.08 bits per heavy atom. The fraction of sp³-hybridized carbons (Fsp3) is 0.125. The third-order valence-electron chi connectivity index (χ3n) is 1.36. The molecule has 0 N–H and O–H groups in total. The number of nitrogens with zero attached hydrogens (tertiary/aromatic N) is 1. The molecule has 1 aromatic carbocycles. The minimum atomic E-state index is 0.557. The number of halogens is 2. The second-order valence-electron chi connectivity index (χ2n) is 2.08. The molecule has 1 rings (SSSR count).